The minimum atomic E-state index is -0.669. The van der Waals surface area contributed by atoms with Gasteiger partial charge in [-0.1, -0.05) is 24.3 Å². The van der Waals surface area contributed by atoms with Gasteiger partial charge >= 0.3 is 5.97 Å². The fraction of sp³-hybridized carbons (Fsp3) is 0. The van der Waals surface area contributed by atoms with Crippen molar-refractivity contribution in [2.45, 2.75) is 0 Å². The smallest absolute Gasteiger partial charge is 0.363 e. The molecule has 0 fully saturated rings. The largest absolute Gasteiger partial charge is 0.402 e. The molecule has 3 rings (SSSR count). The zero-order valence-corrected chi connectivity index (χ0v) is 10.7. The van der Waals surface area contributed by atoms with Crippen molar-refractivity contribution in [3.63, 3.8) is 0 Å². The summed E-state index contributed by atoms with van der Waals surface area (Å²) in [5.41, 5.74) is 0.759. The Bertz CT molecular complexity index is 764. The molecule has 0 spiro atoms. The summed E-state index contributed by atoms with van der Waals surface area (Å²) in [6.07, 6.45) is 1.45. The van der Waals surface area contributed by atoms with Crippen molar-refractivity contribution in [1.29, 1.82) is 0 Å². The first-order valence-electron chi connectivity index (χ1n) is 6.16. The zero-order valence-electron chi connectivity index (χ0n) is 10.7. The van der Waals surface area contributed by atoms with Crippen LogP contribution in [0, 0.1) is 11.6 Å². The Balaban J connectivity index is 1.96. The molecule has 0 amide bonds. The maximum Gasteiger partial charge on any atom is 0.363 e. The Hall–Kier alpha value is -2.82. The van der Waals surface area contributed by atoms with E-state index in [1.54, 1.807) is 6.07 Å². The molecule has 0 unspecified atom stereocenters. The SMILES string of the molecule is O=C1OC(c2ccccc2F)=N/C1=C/c1ccc(F)cc1. The first-order valence-corrected chi connectivity index (χ1v) is 6.16. The Morgan fingerprint density at radius 3 is 2.43 bits per heavy atom. The molecule has 0 radical (unpaired) electrons. The third kappa shape index (κ3) is 2.72. The molecule has 5 heteroatoms. The van der Waals surface area contributed by atoms with Gasteiger partial charge < -0.3 is 4.74 Å². The fourth-order valence-electron chi connectivity index (χ4n) is 1.88. The van der Waals surface area contributed by atoms with Crippen molar-refractivity contribution in [3.05, 3.63) is 77.0 Å². The first kappa shape index (κ1) is 13.2. The number of halogens is 2. The van der Waals surface area contributed by atoms with Gasteiger partial charge in [0.25, 0.3) is 0 Å². The highest BCUT2D eigenvalue weighted by atomic mass is 19.1. The van der Waals surface area contributed by atoms with Gasteiger partial charge in [0, 0.05) is 0 Å². The molecule has 0 saturated heterocycles. The summed E-state index contributed by atoms with van der Waals surface area (Å²) in [6, 6.07) is 11.4. The molecule has 2 aromatic rings. The van der Waals surface area contributed by atoms with Crippen LogP contribution in [0.4, 0.5) is 8.78 Å². The van der Waals surface area contributed by atoms with E-state index in [-0.39, 0.29) is 23.0 Å². The van der Waals surface area contributed by atoms with Crippen LogP contribution in [0.15, 0.2) is 59.2 Å². The van der Waals surface area contributed by atoms with Crippen LogP contribution in [0.25, 0.3) is 6.08 Å². The second kappa shape index (κ2) is 5.28. The van der Waals surface area contributed by atoms with Gasteiger partial charge in [0.2, 0.25) is 5.90 Å². The highest BCUT2D eigenvalue weighted by Crippen LogP contribution is 2.20. The van der Waals surface area contributed by atoms with Gasteiger partial charge in [0.15, 0.2) is 5.70 Å². The van der Waals surface area contributed by atoms with Crippen LogP contribution < -0.4 is 0 Å². The third-order valence-electron chi connectivity index (χ3n) is 2.90. The molecule has 1 aliphatic rings. The number of nitrogens with zero attached hydrogens (tertiary/aromatic N) is 1. The number of esters is 1. The molecule has 0 bridgehead atoms. The number of carbonyl (C=O) groups is 1. The van der Waals surface area contributed by atoms with Crippen molar-refractivity contribution < 1.29 is 18.3 Å². The van der Waals surface area contributed by atoms with Crippen LogP contribution in [0.3, 0.4) is 0 Å². The number of ether oxygens (including phenoxy) is 1. The minimum Gasteiger partial charge on any atom is -0.402 e. The molecule has 0 atom stereocenters. The van der Waals surface area contributed by atoms with Crippen molar-refractivity contribution in [2.75, 3.05) is 0 Å². The van der Waals surface area contributed by atoms with Crippen LogP contribution in [0.1, 0.15) is 11.1 Å². The van der Waals surface area contributed by atoms with Gasteiger partial charge in [0.05, 0.1) is 5.56 Å². The van der Waals surface area contributed by atoms with Gasteiger partial charge in [0.1, 0.15) is 11.6 Å². The average molecular weight is 285 g/mol. The average Bonchev–Trinajstić information content (AvgIpc) is 2.83. The lowest BCUT2D eigenvalue weighted by Gasteiger charge is -1.99. The molecular weight excluding hydrogens is 276 g/mol. The number of hydrogen-bond acceptors (Lipinski definition) is 3. The van der Waals surface area contributed by atoms with Crippen LogP contribution in [0.2, 0.25) is 0 Å². The first-order chi connectivity index (χ1) is 10.1. The minimum absolute atomic E-state index is 0.0415. The predicted octanol–water partition coefficient (Wildman–Crippen LogP) is 3.31. The molecule has 0 saturated carbocycles. The monoisotopic (exact) mass is 285 g/mol. The number of cyclic esters (lactones) is 1. The van der Waals surface area contributed by atoms with E-state index in [0.29, 0.717) is 5.56 Å². The molecule has 1 heterocycles. The van der Waals surface area contributed by atoms with E-state index in [1.807, 2.05) is 0 Å². The molecule has 104 valence electrons. The van der Waals surface area contributed by atoms with E-state index in [9.17, 15) is 13.6 Å². The van der Waals surface area contributed by atoms with Gasteiger partial charge in [-0.3, -0.25) is 0 Å². The van der Waals surface area contributed by atoms with Crippen LogP contribution >= 0.6 is 0 Å². The summed E-state index contributed by atoms with van der Waals surface area (Å²) in [5, 5.41) is 0. The van der Waals surface area contributed by atoms with E-state index < -0.39 is 11.8 Å². The molecule has 0 N–H and O–H groups in total. The van der Waals surface area contributed by atoms with Gasteiger partial charge in [-0.25, -0.2) is 18.6 Å². The van der Waals surface area contributed by atoms with Crippen molar-refractivity contribution in [2.24, 2.45) is 4.99 Å². The summed E-state index contributed by atoms with van der Waals surface area (Å²) in [6.45, 7) is 0. The van der Waals surface area contributed by atoms with Gasteiger partial charge in [-0.15, -0.1) is 0 Å². The summed E-state index contributed by atoms with van der Waals surface area (Å²) < 4.78 is 31.4. The van der Waals surface area contributed by atoms with Gasteiger partial charge in [-0.2, -0.15) is 0 Å². The molecular formula is C16H9F2NO2. The molecule has 2 aromatic carbocycles. The molecule has 3 nitrogen and oxygen atoms in total. The lowest BCUT2D eigenvalue weighted by atomic mass is 10.2. The lowest BCUT2D eigenvalue weighted by molar-refractivity contribution is -0.129. The van der Waals surface area contributed by atoms with Crippen LogP contribution in [-0.4, -0.2) is 11.9 Å². The van der Waals surface area contributed by atoms with E-state index >= 15 is 0 Å². The summed E-state index contributed by atoms with van der Waals surface area (Å²) in [5.74, 6) is -1.64. The number of benzene rings is 2. The van der Waals surface area contributed by atoms with E-state index in [2.05, 4.69) is 4.99 Å². The number of carbonyl (C=O) groups excluding carboxylic acids is 1. The van der Waals surface area contributed by atoms with Crippen LogP contribution in [-0.2, 0) is 9.53 Å². The van der Waals surface area contributed by atoms with E-state index in [4.69, 9.17) is 4.74 Å². The Labute approximate surface area is 119 Å². The normalized spacial score (nSPS) is 16.0. The Kier molecular flexibility index (Phi) is 3.31. The molecule has 21 heavy (non-hydrogen) atoms. The zero-order chi connectivity index (χ0) is 14.8. The topological polar surface area (TPSA) is 38.7 Å². The lowest BCUT2D eigenvalue weighted by Crippen LogP contribution is -2.07. The maximum atomic E-state index is 13.6. The quantitative estimate of drug-likeness (QED) is 0.627. The third-order valence-corrected chi connectivity index (χ3v) is 2.90. The highest BCUT2D eigenvalue weighted by molar-refractivity contribution is 6.12. The second-order valence-corrected chi connectivity index (χ2v) is 4.37. The summed E-state index contributed by atoms with van der Waals surface area (Å²) in [7, 11) is 0. The Morgan fingerprint density at radius 1 is 1.00 bits per heavy atom. The molecule has 1 aliphatic heterocycles. The van der Waals surface area contributed by atoms with E-state index in [1.165, 1.54) is 48.5 Å². The number of hydrogen-bond donors (Lipinski definition) is 0. The fourth-order valence-corrected chi connectivity index (χ4v) is 1.88. The Morgan fingerprint density at radius 2 is 1.71 bits per heavy atom. The molecule has 0 aromatic heterocycles. The highest BCUT2D eigenvalue weighted by Gasteiger charge is 2.25. The van der Waals surface area contributed by atoms with Crippen molar-refractivity contribution >= 4 is 17.9 Å². The van der Waals surface area contributed by atoms with Crippen LogP contribution in [0.5, 0.6) is 0 Å². The predicted molar refractivity (Wildman–Crippen MR) is 73.4 cm³/mol. The number of rotatable bonds is 2. The standard InChI is InChI=1S/C16H9F2NO2/c17-11-7-5-10(6-8-11)9-14-16(20)21-15(19-14)12-3-1-2-4-13(12)18/h1-9H/b14-9+. The summed E-state index contributed by atoms with van der Waals surface area (Å²) in [4.78, 5) is 15.7. The van der Waals surface area contributed by atoms with Gasteiger partial charge in [-0.05, 0) is 35.9 Å². The second-order valence-electron chi connectivity index (χ2n) is 4.37. The van der Waals surface area contributed by atoms with Crippen molar-refractivity contribution in [1.82, 2.24) is 0 Å². The maximum absolute atomic E-state index is 13.6. The summed E-state index contributed by atoms with van der Waals surface area (Å²) >= 11 is 0. The van der Waals surface area contributed by atoms with E-state index in [0.717, 1.165) is 0 Å². The number of aliphatic imine (C=N–C) groups is 1. The van der Waals surface area contributed by atoms with Crippen molar-refractivity contribution in [3.8, 4) is 0 Å². The molecule has 0 aliphatic carbocycles.